The Hall–Kier alpha value is -1.51. The highest BCUT2D eigenvalue weighted by atomic mass is 16.5. The van der Waals surface area contributed by atoms with Gasteiger partial charge in [0.15, 0.2) is 0 Å². The van der Waals surface area contributed by atoms with Gasteiger partial charge in [-0.3, -0.25) is 4.79 Å². The van der Waals surface area contributed by atoms with E-state index in [2.05, 4.69) is 0 Å². The number of hydrogen-bond acceptors (Lipinski definition) is 2. The van der Waals surface area contributed by atoms with Crippen molar-refractivity contribution >= 4 is 5.91 Å². The first-order valence-electron chi connectivity index (χ1n) is 5.02. The van der Waals surface area contributed by atoms with Crippen molar-refractivity contribution in [2.45, 2.75) is 19.3 Å². The van der Waals surface area contributed by atoms with Crippen molar-refractivity contribution in [3.05, 3.63) is 29.8 Å². The van der Waals surface area contributed by atoms with Gasteiger partial charge in [-0.05, 0) is 30.0 Å². The van der Waals surface area contributed by atoms with Crippen LogP contribution in [0.2, 0.25) is 0 Å². The lowest BCUT2D eigenvalue weighted by molar-refractivity contribution is -0.122. The van der Waals surface area contributed by atoms with Gasteiger partial charge in [-0.25, -0.2) is 0 Å². The summed E-state index contributed by atoms with van der Waals surface area (Å²) in [5.41, 5.74) is 6.14. The molecule has 1 aromatic carbocycles. The van der Waals surface area contributed by atoms with Crippen molar-refractivity contribution in [1.82, 2.24) is 0 Å². The van der Waals surface area contributed by atoms with Crippen LogP contribution in [0.15, 0.2) is 24.3 Å². The maximum absolute atomic E-state index is 11.2. The third kappa shape index (κ3) is 1.58. The second-order valence-corrected chi connectivity index (χ2v) is 4.32. The summed E-state index contributed by atoms with van der Waals surface area (Å²) in [4.78, 5) is 11.2. The molecule has 0 bridgehead atoms. The number of rotatable bonds is 3. The summed E-state index contributed by atoms with van der Waals surface area (Å²) in [5.74, 6) is 0.867. The smallest absolute Gasteiger partial charge is 0.223 e. The Balaban J connectivity index is 2.23. The van der Waals surface area contributed by atoms with Crippen LogP contribution in [0, 0.1) is 5.41 Å². The molecule has 2 atom stereocenters. The van der Waals surface area contributed by atoms with Crippen LogP contribution in [0.3, 0.4) is 0 Å². The molecule has 0 heterocycles. The van der Waals surface area contributed by atoms with E-state index in [0.29, 0.717) is 0 Å². The topological polar surface area (TPSA) is 52.3 Å². The van der Waals surface area contributed by atoms with Gasteiger partial charge < -0.3 is 10.5 Å². The number of hydrogen-bond donors (Lipinski definition) is 1. The molecule has 0 radical (unpaired) electrons. The molecule has 15 heavy (non-hydrogen) atoms. The number of benzene rings is 1. The Labute approximate surface area is 89.2 Å². The minimum absolute atomic E-state index is 0.213. The predicted molar refractivity (Wildman–Crippen MR) is 57.7 cm³/mol. The molecule has 1 aliphatic carbocycles. The molecule has 2 unspecified atom stereocenters. The second-order valence-electron chi connectivity index (χ2n) is 4.32. The third-order valence-corrected chi connectivity index (χ3v) is 3.30. The minimum atomic E-state index is -0.355. The van der Waals surface area contributed by atoms with Gasteiger partial charge in [-0.1, -0.05) is 19.1 Å². The van der Waals surface area contributed by atoms with E-state index in [1.165, 1.54) is 0 Å². The van der Waals surface area contributed by atoms with Crippen LogP contribution < -0.4 is 10.5 Å². The summed E-state index contributed by atoms with van der Waals surface area (Å²) in [5, 5.41) is 0. The van der Waals surface area contributed by atoms with Gasteiger partial charge in [0.1, 0.15) is 5.75 Å². The van der Waals surface area contributed by atoms with Gasteiger partial charge >= 0.3 is 0 Å². The average Bonchev–Trinajstić information content (AvgIpc) is 2.93. The van der Waals surface area contributed by atoms with Gasteiger partial charge in [0.2, 0.25) is 5.91 Å². The molecule has 3 heteroatoms. The molecule has 1 amide bonds. The molecule has 1 saturated carbocycles. The first kappa shape index (κ1) is 10.0. The van der Waals surface area contributed by atoms with Crippen LogP contribution in [0.4, 0.5) is 0 Å². The summed E-state index contributed by atoms with van der Waals surface area (Å²) < 4.78 is 5.15. The fourth-order valence-corrected chi connectivity index (χ4v) is 1.98. The number of carbonyl (C=O) groups is 1. The van der Waals surface area contributed by atoms with E-state index >= 15 is 0 Å². The second kappa shape index (κ2) is 3.26. The lowest BCUT2D eigenvalue weighted by Crippen LogP contribution is -2.23. The lowest BCUT2D eigenvalue weighted by Gasteiger charge is -2.07. The average molecular weight is 205 g/mol. The summed E-state index contributed by atoms with van der Waals surface area (Å²) in [6.45, 7) is 1.92. The van der Waals surface area contributed by atoms with Gasteiger partial charge in [0, 0.05) is 0 Å². The van der Waals surface area contributed by atoms with E-state index in [-0.39, 0.29) is 17.2 Å². The van der Waals surface area contributed by atoms with Crippen molar-refractivity contribution < 1.29 is 9.53 Å². The zero-order chi connectivity index (χ0) is 11.1. The lowest BCUT2D eigenvalue weighted by atomic mass is 10.0. The highest BCUT2D eigenvalue weighted by Gasteiger charge is 2.55. The van der Waals surface area contributed by atoms with E-state index in [9.17, 15) is 4.79 Å². The number of nitrogens with two attached hydrogens (primary N) is 1. The minimum Gasteiger partial charge on any atom is -0.497 e. The molecule has 1 aliphatic rings. The first-order valence-corrected chi connectivity index (χ1v) is 5.02. The van der Waals surface area contributed by atoms with E-state index < -0.39 is 0 Å². The summed E-state index contributed by atoms with van der Waals surface area (Å²) in [6.07, 6.45) is 0.843. The Morgan fingerprint density at radius 1 is 1.60 bits per heavy atom. The number of primary amides is 1. The maximum atomic E-state index is 11.2. The molecule has 0 saturated heterocycles. The van der Waals surface area contributed by atoms with Gasteiger partial charge in [0.05, 0.1) is 12.5 Å². The largest absolute Gasteiger partial charge is 0.497 e. The van der Waals surface area contributed by atoms with Crippen LogP contribution in [-0.2, 0) is 4.79 Å². The number of methoxy groups -OCH3 is 1. The number of carbonyl (C=O) groups excluding carboxylic acids is 1. The van der Waals surface area contributed by atoms with Crippen molar-refractivity contribution in [2.75, 3.05) is 7.11 Å². The van der Waals surface area contributed by atoms with Gasteiger partial charge in [0.25, 0.3) is 0 Å². The molecule has 0 aliphatic heterocycles. The third-order valence-electron chi connectivity index (χ3n) is 3.30. The van der Waals surface area contributed by atoms with E-state index in [1.807, 2.05) is 31.2 Å². The fraction of sp³-hybridized carbons (Fsp3) is 0.417. The Kier molecular flexibility index (Phi) is 2.18. The first-order chi connectivity index (χ1) is 7.08. The SMILES string of the molecule is COc1cccc(C2CC2(C)C(N)=O)c1. The Morgan fingerprint density at radius 3 is 2.87 bits per heavy atom. The van der Waals surface area contributed by atoms with Gasteiger partial charge in [-0.15, -0.1) is 0 Å². The quantitative estimate of drug-likeness (QED) is 0.816. The Morgan fingerprint density at radius 2 is 2.33 bits per heavy atom. The molecule has 0 aromatic heterocycles. The molecule has 80 valence electrons. The predicted octanol–water partition coefficient (Wildman–Crippen LogP) is 1.67. The Bertz CT molecular complexity index is 402. The van der Waals surface area contributed by atoms with Crippen LogP contribution in [-0.4, -0.2) is 13.0 Å². The number of ether oxygens (including phenoxy) is 1. The molecular weight excluding hydrogens is 190 g/mol. The van der Waals surface area contributed by atoms with Crippen molar-refractivity contribution in [3.8, 4) is 5.75 Å². The molecule has 3 nitrogen and oxygen atoms in total. The molecule has 1 fully saturated rings. The van der Waals surface area contributed by atoms with Crippen LogP contribution >= 0.6 is 0 Å². The van der Waals surface area contributed by atoms with Crippen LogP contribution in [0.1, 0.15) is 24.8 Å². The number of amides is 1. The highest BCUT2D eigenvalue weighted by molar-refractivity contribution is 5.85. The van der Waals surface area contributed by atoms with Crippen molar-refractivity contribution in [2.24, 2.45) is 11.1 Å². The summed E-state index contributed by atoms with van der Waals surface area (Å²) in [7, 11) is 1.64. The molecule has 2 N–H and O–H groups in total. The monoisotopic (exact) mass is 205 g/mol. The zero-order valence-electron chi connectivity index (χ0n) is 8.99. The summed E-state index contributed by atoms with van der Waals surface area (Å²) >= 11 is 0. The molecular formula is C12H15NO2. The molecule has 0 spiro atoms. The van der Waals surface area contributed by atoms with E-state index in [4.69, 9.17) is 10.5 Å². The fourth-order valence-electron chi connectivity index (χ4n) is 1.98. The van der Waals surface area contributed by atoms with Gasteiger partial charge in [-0.2, -0.15) is 0 Å². The highest BCUT2D eigenvalue weighted by Crippen LogP contribution is 2.58. The van der Waals surface area contributed by atoms with E-state index in [0.717, 1.165) is 17.7 Å². The normalized spacial score (nSPS) is 28.5. The maximum Gasteiger partial charge on any atom is 0.223 e. The van der Waals surface area contributed by atoms with E-state index in [1.54, 1.807) is 7.11 Å². The van der Waals surface area contributed by atoms with Crippen molar-refractivity contribution in [1.29, 1.82) is 0 Å². The van der Waals surface area contributed by atoms with Crippen LogP contribution in [0.5, 0.6) is 5.75 Å². The van der Waals surface area contributed by atoms with Crippen molar-refractivity contribution in [3.63, 3.8) is 0 Å². The standard InChI is InChI=1S/C12H15NO2/c1-12(11(13)14)7-10(12)8-4-3-5-9(6-8)15-2/h3-6,10H,7H2,1-2H3,(H2,13,14). The molecule has 1 aromatic rings. The van der Waals surface area contributed by atoms with Crippen LogP contribution in [0.25, 0.3) is 0 Å². The zero-order valence-corrected chi connectivity index (χ0v) is 8.99. The molecule has 2 rings (SSSR count). The summed E-state index contributed by atoms with van der Waals surface area (Å²) in [6, 6.07) is 7.82.